The molecule has 3 rings (SSSR count). The number of hydrogen-bond acceptors (Lipinski definition) is 3. The second kappa shape index (κ2) is 9.17. The zero-order valence-corrected chi connectivity index (χ0v) is 16.2. The molecule has 0 atom stereocenters. The van der Waals surface area contributed by atoms with E-state index in [1.807, 2.05) is 61.5 Å². The van der Waals surface area contributed by atoms with Crippen LogP contribution in [0.15, 0.2) is 60.7 Å². The highest BCUT2D eigenvalue weighted by molar-refractivity contribution is 5.81. The Morgan fingerprint density at radius 3 is 2.61 bits per heavy atom. The van der Waals surface area contributed by atoms with Crippen LogP contribution in [-0.2, 0) is 11.2 Å². The van der Waals surface area contributed by atoms with Gasteiger partial charge in [-0.2, -0.15) is 5.10 Å². The summed E-state index contributed by atoms with van der Waals surface area (Å²) in [5.74, 6) is -0.195. The van der Waals surface area contributed by atoms with E-state index in [2.05, 4.69) is 10.2 Å². The first-order chi connectivity index (χ1) is 13.5. The maximum atomic E-state index is 13.3. The number of para-hydroxylation sites is 1. The van der Waals surface area contributed by atoms with E-state index in [1.54, 1.807) is 11.0 Å². The number of likely N-dealkylation sites (N-methyl/N-ethyl adjacent to an activating group) is 2. The molecule has 0 saturated heterocycles. The first-order valence-corrected chi connectivity index (χ1v) is 9.33. The van der Waals surface area contributed by atoms with E-state index in [1.165, 1.54) is 12.1 Å². The molecule has 0 aliphatic carbocycles. The number of anilines is 1. The highest BCUT2D eigenvalue weighted by Gasteiger charge is 2.12. The molecule has 0 radical (unpaired) electrons. The number of amides is 1. The lowest BCUT2D eigenvalue weighted by Crippen LogP contribution is -2.37. The fourth-order valence-electron chi connectivity index (χ4n) is 3.01. The molecular weight excluding hydrogens is 355 g/mol. The molecule has 0 bridgehead atoms. The van der Waals surface area contributed by atoms with Crippen LogP contribution in [0.1, 0.15) is 12.1 Å². The van der Waals surface area contributed by atoms with Gasteiger partial charge in [-0.3, -0.25) is 9.89 Å². The van der Waals surface area contributed by atoms with Gasteiger partial charge in [0, 0.05) is 37.6 Å². The second-order valence-corrected chi connectivity index (χ2v) is 6.90. The summed E-state index contributed by atoms with van der Waals surface area (Å²) < 4.78 is 13.3. The Morgan fingerprint density at radius 2 is 1.86 bits per heavy atom. The fraction of sp³-hybridized carbons (Fsp3) is 0.273. The van der Waals surface area contributed by atoms with Gasteiger partial charge in [-0.25, -0.2) is 4.39 Å². The molecule has 0 aliphatic heterocycles. The van der Waals surface area contributed by atoms with Crippen molar-refractivity contribution >= 4 is 11.6 Å². The number of carbonyl (C=O) groups is 1. The molecular formula is C22H25FN4O. The maximum Gasteiger partial charge on any atom is 0.241 e. The van der Waals surface area contributed by atoms with Crippen LogP contribution in [0.4, 0.5) is 10.1 Å². The highest BCUT2D eigenvalue weighted by Crippen LogP contribution is 2.19. The molecule has 0 unspecified atom stereocenters. The van der Waals surface area contributed by atoms with E-state index in [0.29, 0.717) is 13.1 Å². The largest absolute Gasteiger partial charge is 0.365 e. The van der Waals surface area contributed by atoms with Gasteiger partial charge < -0.3 is 9.80 Å². The Labute approximate surface area is 164 Å². The predicted octanol–water partition coefficient (Wildman–Crippen LogP) is 3.74. The molecule has 6 heteroatoms. The van der Waals surface area contributed by atoms with E-state index in [9.17, 15) is 9.18 Å². The van der Waals surface area contributed by atoms with E-state index >= 15 is 0 Å². The fourth-order valence-corrected chi connectivity index (χ4v) is 3.01. The van der Waals surface area contributed by atoms with Crippen LogP contribution in [0.2, 0.25) is 0 Å². The Morgan fingerprint density at radius 1 is 1.07 bits per heavy atom. The molecule has 1 N–H and O–H groups in total. The summed E-state index contributed by atoms with van der Waals surface area (Å²) in [5.41, 5.74) is 3.47. The van der Waals surface area contributed by atoms with E-state index < -0.39 is 0 Å². The molecule has 0 saturated carbocycles. The number of H-pyrrole nitrogens is 1. The standard InChI is InChI=1S/C22H25FN4O/c1-26(22(28)16-27(2)20-11-4-3-5-12-20)13-7-10-19-15-21(25-24-19)17-8-6-9-18(23)14-17/h3-6,8-9,11-12,14-15H,7,10,13,16H2,1-2H3,(H,24,25). The minimum Gasteiger partial charge on any atom is -0.365 e. The molecule has 1 aromatic heterocycles. The summed E-state index contributed by atoms with van der Waals surface area (Å²) >= 11 is 0. The van der Waals surface area contributed by atoms with Gasteiger partial charge >= 0.3 is 0 Å². The summed E-state index contributed by atoms with van der Waals surface area (Å²) in [6, 6.07) is 18.2. The Balaban J connectivity index is 1.46. The summed E-state index contributed by atoms with van der Waals surface area (Å²) in [5, 5.41) is 7.25. The van der Waals surface area contributed by atoms with Crippen molar-refractivity contribution in [2.45, 2.75) is 12.8 Å². The minimum absolute atomic E-state index is 0.0800. The van der Waals surface area contributed by atoms with Crippen molar-refractivity contribution in [2.75, 3.05) is 32.1 Å². The van der Waals surface area contributed by atoms with Crippen molar-refractivity contribution in [2.24, 2.45) is 0 Å². The molecule has 3 aromatic rings. The molecule has 2 aromatic carbocycles. The third-order valence-electron chi connectivity index (χ3n) is 4.69. The first-order valence-electron chi connectivity index (χ1n) is 9.33. The third-order valence-corrected chi connectivity index (χ3v) is 4.69. The van der Waals surface area contributed by atoms with Gasteiger partial charge in [-0.15, -0.1) is 0 Å². The van der Waals surface area contributed by atoms with Gasteiger partial charge in [0.05, 0.1) is 12.2 Å². The number of aromatic amines is 1. The SMILES string of the molecule is CN(CCCc1cc(-c2cccc(F)c2)n[nH]1)C(=O)CN(C)c1ccccc1. The van der Waals surface area contributed by atoms with Crippen LogP contribution in [-0.4, -0.2) is 48.2 Å². The van der Waals surface area contributed by atoms with E-state index in [4.69, 9.17) is 0 Å². The molecule has 28 heavy (non-hydrogen) atoms. The van der Waals surface area contributed by atoms with Gasteiger partial charge in [0.2, 0.25) is 5.91 Å². The summed E-state index contributed by atoms with van der Waals surface area (Å²) in [4.78, 5) is 16.1. The van der Waals surface area contributed by atoms with Gasteiger partial charge in [0.25, 0.3) is 0 Å². The van der Waals surface area contributed by atoms with Gasteiger partial charge in [-0.1, -0.05) is 30.3 Å². The smallest absolute Gasteiger partial charge is 0.241 e. The zero-order chi connectivity index (χ0) is 19.9. The molecule has 5 nitrogen and oxygen atoms in total. The number of aromatic nitrogens is 2. The van der Waals surface area contributed by atoms with Crippen molar-refractivity contribution in [3.63, 3.8) is 0 Å². The second-order valence-electron chi connectivity index (χ2n) is 6.90. The Hall–Kier alpha value is -3.15. The Kier molecular flexibility index (Phi) is 6.42. The number of rotatable bonds is 8. The zero-order valence-electron chi connectivity index (χ0n) is 16.2. The number of aryl methyl sites for hydroxylation is 1. The average Bonchev–Trinajstić information content (AvgIpc) is 3.17. The number of carbonyl (C=O) groups excluding carboxylic acids is 1. The summed E-state index contributed by atoms with van der Waals surface area (Å²) in [6.45, 7) is 1.00. The third kappa shape index (κ3) is 5.19. The lowest BCUT2D eigenvalue weighted by molar-refractivity contribution is -0.128. The number of halogens is 1. The molecule has 146 valence electrons. The molecule has 0 aliphatic rings. The first kappa shape index (κ1) is 19.6. The van der Waals surface area contributed by atoms with Crippen molar-refractivity contribution in [1.82, 2.24) is 15.1 Å². The van der Waals surface area contributed by atoms with Crippen molar-refractivity contribution < 1.29 is 9.18 Å². The molecule has 0 spiro atoms. The van der Waals surface area contributed by atoms with Crippen LogP contribution >= 0.6 is 0 Å². The van der Waals surface area contributed by atoms with E-state index in [0.717, 1.165) is 35.5 Å². The van der Waals surface area contributed by atoms with Crippen molar-refractivity contribution in [3.8, 4) is 11.3 Å². The number of nitrogens with one attached hydrogen (secondary N) is 1. The van der Waals surface area contributed by atoms with Gasteiger partial charge in [-0.05, 0) is 43.2 Å². The quantitative estimate of drug-likeness (QED) is 0.648. The minimum atomic E-state index is -0.275. The average molecular weight is 380 g/mol. The van der Waals surface area contributed by atoms with Crippen LogP contribution in [0.25, 0.3) is 11.3 Å². The predicted molar refractivity (Wildman–Crippen MR) is 110 cm³/mol. The topological polar surface area (TPSA) is 52.2 Å². The van der Waals surface area contributed by atoms with E-state index in [-0.39, 0.29) is 11.7 Å². The summed E-state index contributed by atoms with van der Waals surface area (Å²) in [6.07, 6.45) is 1.59. The molecule has 1 amide bonds. The van der Waals surface area contributed by atoms with Crippen molar-refractivity contribution in [3.05, 3.63) is 72.2 Å². The molecule has 0 fully saturated rings. The van der Waals surface area contributed by atoms with Crippen LogP contribution in [0.5, 0.6) is 0 Å². The molecule has 1 heterocycles. The van der Waals surface area contributed by atoms with Crippen LogP contribution in [0.3, 0.4) is 0 Å². The van der Waals surface area contributed by atoms with Crippen LogP contribution in [0, 0.1) is 5.82 Å². The Bertz CT molecular complexity index is 910. The lowest BCUT2D eigenvalue weighted by Gasteiger charge is -2.23. The monoisotopic (exact) mass is 380 g/mol. The normalized spacial score (nSPS) is 10.7. The lowest BCUT2D eigenvalue weighted by atomic mass is 10.1. The number of hydrogen-bond donors (Lipinski definition) is 1. The van der Waals surface area contributed by atoms with Gasteiger partial charge in [0.15, 0.2) is 0 Å². The number of benzene rings is 2. The highest BCUT2D eigenvalue weighted by atomic mass is 19.1. The van der Waals surface area contributed by atoms with Crippen LogP contribution < -0.4 is 4.90 Å². The van der Waals surface area contributed by atoms with Crippen molar-refractivity contribution in [1.29, 1.82) is 0 Å². The number of nitrogens with zero attached hydrogens (tertiary/aromatic N) is 3. The summed E-state index contributed by atoms with van der Waals surface area (Å²) in [7, 11) is 3.74. The van der Waals surface area contributed by atoms with Gasteiger partial charge in [0.1, 0.15) is 5.82 Å². The maximum absolute atomic E-state index is 13.3.